The maximum atomic E-state index is 10.4. The molecular weight excluding hydrogens is 328 g/mol. The van der Waals surface area contributed by atoms with Gasteiger partial charge in [0.25, 0.3) is 0 Å². The van der Waals surface area contributed by atoms with Crippen LogP contribution in [0.2, 0.25) is 0 Å². The first-order valence-corrected chi connectivity index (χ1v) is 9.46. The Kier molecular flexibility index (Phi) is 19.5. The van der Waals surface area contributed by atoms with Gasteiger partial charge in [0.2, 0.25) is 0 Å². The second kappa shape index (κ2) is 16.0. The molecule has 0 aliphatic rings. The van der Waals surface area contributed by atoms with Crippen molar-refractivity contribution < 1.29 is 24.6 Å². The van der Waals surface area contributed by atoms with Crippen molar-refractivity contribution in [2.45, 2.75) is 58.3 Å². The summed E-state index contributed by atoms with van der Waals surface area (Å²) in [6.45, 7) is 3.13. The fourth-order valence-corrected chi connectivity index (χ4v) is 1.28. The molecule has 0 spiro atoms. The molecule has 132 valence electrons. The molecule has 6 N–H and O–H groups in total. The van der Waals surface area contributed by atoms with Crippen LogP contribution in [-0.2, 0) is 20.8 Å². The van der Waals surface area contributed by atoms with Gasteiger partial charge in [-0.3, -0.25) is 0 Å². The minimum atomic E-state index is -4.67. The molecule has 0 bridgehead atoms. The minimum absolute atomic E-state index is 0.870. The molecule has 0 aromatic rings. The first kappa shape index (κ1) is 25.6. The van der Waals surface area contributed by atoms with Crippen molar-refractivity contribution >= 4 is 20.8 Å². The van der Waals surface area contributed by atoms with E-state index in [9.17, 15) is 7.77 Å². The summed E-state index contributed by atoms with van der Waals surface area (Å²) >= 11 is 0. The van der Waals surface area contributed by atoms with Crippen molar-refractivity contribution in [3.05, 3.63) is 0 Å². The lowest BCUT2D eigenvalue weighted by molar-refractivity contribution is 0.551. The Balaban J connectivity index is -0.000000270. The summed E-state index contributed by atoms with van der Waals surface area (Å²) in [6.07, 6.45) is 11.0. The van der Waals surface area contributed by atoms with E-state index in [1.54, 1.807) is 0 Å². The van der Waals surface area contributed by atoms with Crippen LogP contribution in [0.15, 0.2) is 0 Å². The summed E-state index contributed by atoms with van der Waals surface area (Å²) in [5, 5.41) is 7.32. The molecular formula is C10H27F2N3O4S2. The molecule has 0 fully saturated rings. The molecule has 0 aliphatic carbocycles. The Labute approximate surface area is 126 Å². The molecule has 0 unspecified atom stereocenters. The first-order valence-electron chi connectivity index (χ1n) is 6.56. The molecule has 0 radical (unpaired) electrons. The number of halogens is 2. The topological polar surface area (TPSA) is 146 Å². The first-order chi connectivity index (χ1) is 9.41. The van der Waals surface area contributed by atoms with Crippen LogP contribution in [0.1, 0.15) is 58.3 Å². The third-order valence-corrected chi connectivity index (χ3v) is 2.06. The van der Waals surface area contributed by atoms with E-state index in [1.807, 2.05) is 0 Å². The lowest BCUT2D eigenvalue weighted by Crippen LogP contribution is -2.01. The van der Waals surface area contributed by atoms with Gasteiger partial charge < -0.3 is 5.73 Å². The summed E-state index contributed by atoms with van der Waals surface area (Å²) in [5.41, 5.74) is 5.39. The normalized spacial score (nSPS) is 11.0. The summed E-state index contributed by atoms with van der Waals surface area (Å²) in [5.74, 6) is 0. The van der Waals surface area contributed by atoms with Gasteiger partial charge in [-0.2, -0.15) is 16.8 Å². The molecule has 0 saturated carbocycles. The maximum absolute atomic E-state index is 10.4. The van der Waals surface area contributed by atoms with E-state index in [2.05, 4.69) is 17.2 Å². The van der Waals surface area contributed by atoms with Crippen molar-refractivity contribution in [3.63, 3.8) is 0 Å². The number of hydrogen-bond acceptors (Lipinski definition) is 5. The van der Waals surface area contributed by atoms with E-state index in [4.69, 9.17) is 22.6 Å². The van der Waals surface area contributed by atoms with Crippen LogP contribution in [0.4, 0.5) is 7.77 Å². The average Bonchev–Trinajstić information content (AvgIpc) is 2.23. The van der Waals surface area contributed by atoms with Crippen molar-refractivity contribution in [1.82, 2.24) is 0 Å². The Morgan fingerprint density at radius 1 is 0.714 bits per heavy atom. The molecule has 11 heteroatoms. The van der Waals surface area contributed by atoms with Crippen LogP contribution >= 0.6 is 0 Å². The number of unbranched alkanes of at least 4 members (excludes halogenated alkanes) is 7. The van der Waals surface area contributed by atoms with Crippen LogP contribution in [0.5, 0.6) is 0 Å². The van der Waals surface area contributed by atoms with Crippen LogP contribution < -0.4 is 16.0 Å². The third kappa shape index (κ3) is 105. The van der Waals surface area contributed by atoms with Gasteiger partial charge in [-0.05, 0) is 13.0 Å². The summed E-state index contributed by atoms with van der Waals surface area (Å²) < 4.78 is 55.8. The zero-order valence-corrected chi connectivity index (χ0v) is 13.9. The van der Waals surface area contributed by atoms with Crippen molar-refractivity contribution in [3.8, 4) is 0 Å². The largest absolute Gasteiger partial charge is 0.369 e. The number of nitrogens with two attached hydrogens (primary N) is 3. The van der Waals surface area contributed by atoms with Crippen LogP contribution in [-0.4, -0.2) is 23.4 Å². The zero-order valence-electron chi connectivity index (χ0n) is 12.3. The van der Waals surface area contributed by atoms with Crippen molar-refractivity contribution in [2.75, 3.05) is 6.54 Å². The fraction of sp³-hybridized carbons (Fsp3) is 1.00. The second-order valence-electron chi connectivity index (χ2n) is 4.21. The second-order valence-corrected chi connectivity index (χ2v) is 6.12. The molecule has 0 atom stereocenters. The monoisotopic (exact) mass is 355 g/mol. The van der Waals surface area contributed by atoms with Crippen molar-refractivity contribution in [2.24, 2.45) is 16.0 Å². The molecule has 0 heterocycles. The van der Waals surface area contributed by atoms with E-state index in [1.165, 1.54) is 51.4 Å². The van der Waals surface area contributed by atoms with E-state index in [0.29, 0.717) is 0 Å². The van der Waals surface area contributed by atoms with Gasteiger partial charge in [0.05, 0.1) is 0 Å². The van der Waals surface area contributed by atoms with E-state index in [-0.39, 0.29) is 0 Å². The molecule has 0 amide bonds. The molecule has 0 aromatic carbocycles. The van der Waals surface area contributed by atoms with E-state index in [0.717, 1.165) is 6.54 Å². The van der Waals surface area contributed by atoms with Gasteiger partial charge in [0, 0.05) is 0 Å². The Morgan fingerprint density at radius 2 is 0.952 bits per heavy atom. The van der Waals surface area contributed by atoms with Gasteiger partial charge in [-0.1, -0.05) is 59.6 Å². The quantitative estimate of drug-likeness (QED) is 0.445. The van der Waals surface area contributed by atoms with Crippen LogP contribution in [0.25, 0.3) is 0 Å². The van der Waals surface area contributed by atoms with Gasteiger partial charge in [-0.15, -0.1) is 0 Å². The molecule has 0 saturated heterocycles. The van der Waals surface area contributed by atoms with Crippen LogP contribution in [0, 0.1) is 0 Å². The summed E-state index contributed by atoms with van der Waals surface area (Å²) in [4.78, 5) is 0. The maximum Gasteiger partial charge on any atom is 0.369 e. The lowest BCUT2D eigenvalue weighted by Gasteiger charge is -1.99. The highest BCUT2D eigenvalue weighted by Crippen LogP contribution is 2.07. The van der Waals surface area contributed by atoms with Crippen molar-refractivity contribution in [1.29, 1.82) is 0 Å². The molecule has 0 aliphatic heterocycles. The standard InChI is InChI=1S/C10H23N.2FH2NO2S/c1-2-3-4-5-6-7-8-9-10-11;2*1-5(2,3)4/h2-11H2,1H3;2*(H2,2,3,4). The molecule has 21 heavy (non-hydrogen) atoms. The molecule has 0 rings (SSSR count). The highest BCUT2D eigenvalue weighted by molar-refractivity contribution is 7.84. The van der Waals surface area contributed by atoms with E-state index < -0.39 is 20.8 Å². The Morgan fingerprint density at radius 3 is 1.19 bits per heavy atom. The fourth-order valence-electron chi connectivity index (χ4n) is 1.28. The summed E-state index contributed by atoms with van der Waals surface area (Å²) in [7, 11) is -9.33. The third-order valence-electron chi connectivity index (χ3n) is 2.06. The van der Waals surface area contributed by atoms with Gasteiger partial charge >= 0.3 is 20.8 Å². The predicted molar refractivity (Wildman–Crippen MR) is 80.1 cm³/mol. The van der Waals surface area contributed by atoms with Gasteiger partial charge in [-0.25, -0.2) is 10.3 Å². The highest BCUT2D eigenvalue weighted by Gasteiger charge is 1.89. The Hall–Kier alpha value is -0.360. The Bertz CT molecular complexity index is 349. The van der Waals surface area contributed by atoms with Gasteiger partial charge in [0.1, 0.15) is 0 Å². The number of hydrogen-bond donors (Lipinski definition) is 3. The predicted octanol–water partition coefficient (Wildman–Crippen LogP) is 1.40. The van der Waals surface area contributed by atoms with E-state index >= 15 is 0 Å². The summed E-state index contributed by atoms with van der Waals surface area (Å²) in [6, 6.07) is 0. The smallest absolute Gasteiger partial charge is 0.330 e. The molecule has 0 aromatic heterocycles. The lowest BCUT2D eigenvalue weighted by atomic mass is 10.1. The van der Waals surface area contributed by atoms with Gasteiger partial charge in [0.15, 0.2) is 0 Å². The number of rotatable bonds is 8. The minimum Gasteiger partial charge on any atom is -0.330 e. The molecule has 7 nitrogen and oxygen atoms in total. The average molecular weight is 355 g/mol. The highest BCUT2D eigenvalue weighted by atomic mass is 32.3. The van der Waals surface area contributed by atoms with Crippen LogP contribution in [0.3, 0.4) is 0 Å². The zero-order chi connectivity index (χ0) is 17.4. The SMILES string of the molecule is CCCCCCCCCCN.NS(=O)(=O)F.NS(=O)(=O)F.